The molecule has 1 aliphatic rings. The Bertz CT molecular complexity index is 1200. The Labute approximate surface area is 180 Å². The summed E-state index contributed by atoms with van der Waals surface area (Å²) in [5, 5.41) is 15.0. The van der Waals surface area contributed by atoms with Gasteiger partial charge in [-0.25, -0.2) is 17.5 Å². The van der Waals surface area contributed by atoms with Gasteiger partial charge in [0.2, 0.25) is 0 Å². The van der Waals surface area contributed by atoms with Gasteiger partial charge in [-0.1, -0.05) is 30.3 Å². The zero-order valence-corrected chi connectivity index (χ0v) is 18.2. The molecule has 0 spiro atoms. The van der Waals surface area contributed by atoms with Crippen molar-refractivity contribution in [3.05, 3.63) is 83.4 Å². The van der Waals surface area contributed by atoms with Gasteiger partial charge in [-0.3, -0.25) is 0 Å². The SMILES string of the molecule is CC(C)(O)c1cc(C2=CCC(c3cccc([SH](=O)=O)c3)S2)n(-c2ccccc2F)n1. The Morgan fingerprint density at radius 1 is 1.17 bits per heavy atom. The predicted molar refractivity (Wildman–Crippen MR) is 117 cm³/mol. The topological polar surface area (TPSA) is 72.2 Å². The van der Waals surface area contributed by atoms with E-state index in [1.54, 1.807) is 68.1 Å². The van der Waals surface area contributed by atoms with Crippen LogP contribution in [0.5, 0.6) is 0 Å². The maximum Gasteiger partial charge on any atom is 0.168 e. The highest BCUT2D eigenvalue weighted by molar-refractivity contribution is 8.08. The van der Waals surface area contributed by atoms with Crippen LogP contribution in [0.2, 0.25) is 0 Å². The molecule has 0 aliphatic carbocycles. The minimum Gasteiger partial charge on any atom is -0.384 e. The number of allylic oxidation sites excluding steroid dienone is 1. The molecule has 0 radical (unpaired) electrons. The number of halogens is 1. The molecule has 1 N–H and O–H groups in total. The van der Waals surface area contributed by atoms with Crippen molar-refractivity contribution >= 4 is 27.4 Å². The molecular formula is C22H21FN2O3S2. The van der Waals surface area contributed by atoms with Crippen molar-refractivity contribution < 1.29 is 17.9 Å². The number of hydrogen-bond donors (Lipinski definition) is 2. The van der Waals surface area contributed by atoms with Crippen molar-refractivity contribution in [1.29, 1.82) is 0 Å². The van der Waals surface area contributed by atoms with E-state index >= 15 is 0 Å². The molecule has 156 valence electrons. The van der Waals surface area contributed by atoms with Gasteiger partial charge in [-0.05, 0) is 56.2 Å². The van der Waals surface area contributed by atoms with Gasteiger partial charge >= 0.3 is 0 Å². The van der Waals surface area contributed by atoms with Gasteiger partial charge in [0.15, 0.2) is 10.7 Å². The minimum absolute atomic E-state index is 0.0458. The van der Waals surface area contributed by atoms with Gasteiger partial charge in [0.1, 0.15) is 17.1 Å². The van der Waals surface area contributed by atoms with Crippen LogP contribution in [0.15, 0.2) is 65.6 Å². The molecule has 0 saturated heterocycles. The quantitative estimate of drug-likeness (QED) is 0.570. The van der Waals surface area contributed by atoms with Crippen LogP contribution in [0.1, 0.15) is 42.5 Å². The monoisotopic (exact) mass is 444 g/mol. The van der Waals surface area contributed by atoms with Gasteiger partial charge in [0.25, 0.3) is 0 Å². The molecule has 30 heavy (non-hydrogen) atoms. The molecular weight excluding hydrogens is 423 g/mol. The van der Waals surface area contributed by atoms with Crippen molar-refractivity contribution in [3.63, 3.8) is 0 Å². The lowest BCUT2D eigenvalue weighted by atomic mass is 10.1. The van der Waals surface area contributed by atoms with E-state index in [4.69, 9.17) is 0 Å². The van der Waals surface area contributed by atoms with E-state index in [1.807, 2.05) is 12.1 Å². The van der Waals surface area contributed by atoms with E-state index in [2.05, 4.69) is 5.10 Å². The largest absolute Gasteiger partial charge is 0.384 e. The summed E-state index contributed by atoms with van der Waals surface area (Å²) in [6, 6.07) is 15.1. The fourth-order valence-electron chi connectivity index (χ4n) is 3.33. The van der Waals surface area contributed by atoms with Gasteiger partial charge in [0, 0.05) is 10.2 Å². The Morgan fingerprint density at radius 2 is 1.93 bits per heavy atom. The normalized spacial score (nSPS) is 16.8. The average Bonchev–Trinajstić information content (AvgIpc) is 3.35. The van der Waals surface area contributed by atoms with E-state index in [9.17, 15) is 17.9 Å². The van der Waals surface area contributed by atoms with Gasteiger partial charge in [0.05, 0.1) is 16.3 Å². The number of thioether (sulfide) groups is 1. The zero-order chi connectivity index (χ0) is 21.5. The van der Waals surface area contributed by atoms with Crippen molar-refractivity contribution in [1.82, 2.24) is 9.78 Å². The molecule has 5 nitrogen and oxygen atoms in total. The van der Waals surface area contributed by atoms with Crippen LogP contribution >= 0.6 is 11.8 Å². The second-order valence-electron chi connectivity index (χ2n) is 7.60. The highest BCUT2D eigenvalue weighted by Crippen LogP contribution is 2.49. The van der Waals surface area contributed by atoms with Crippen LogP contribution < -0.4 is 0 Å². The highest BCUT2D eigenvalue weighted by atomic mass is 32.2. The van der Waals surface area contributed by atoms with Crippen LogP contribution in [0.4, 0.5) is 4.39 Å². The first-order valence-corrected chi connectivity index (χ1v) is 11.5. The third kappa shape index (κ3) is 4.08. The maximum absolute atomic E-state index is 14.5. The highest BCUT2D eigenvalue weighted by Gasteiger charge is 2.28. The number of thiol groups is 1. The number of rotatable bonds is 5. The molecule has 4 rings (SSSR count). The third-order valence-corrected chi connectivity index (χ3v) is 6.99. The molecule has 1 atom stereocenters. The van der Waals surface area contributed by atoms with Gasteiger partial charge < -0.3 is 5.11 Å². The summed E-state index contributed by atoms with van der Waals surface area (Å²) in [5.41, 5.74) is 1.18. The standard InChI is InChI=1S/C22H21FN2O3S2/c1-22(2,26)21-13-18(25(24-21)17-9-4-3-8-16(17)23)20-11-10-19(29-20)14-6-5-7-15(12-14)30(27)28/h3-9,11-13,19,26,30H,10H2,1-2H3. The van der Waals surface area contributed by atoms with Crippen molar-refractivity contribution in [3.8, 4) is 5.69 Å². The van der Waals surface area contributed by atoms with Crippen molar-refractivity contribution in [2.24, 2.45) is 0 Å². The molecule has 3 aromatic rings. The number of hydrogen-bond acceptors (Lipinski definition) is 5. The summed E-state index contributed by atoms with van der Waals surface area (Å²) < 4.78 is 38.7. The first kappa shape index (κ1) is 20.8. The average molecular weight is 445 g/mol. The van der Waals surface area contributed by atoms with Crippen LogP contribution in [0.3, 0.4) is 0 Å². The Morgan fingerprint density at radius 3 is 2.63 bits per heavy atom. The number of para-hydroxylation sites is 1. The molecule has 1 aromatic heterocycles. The molecule has 2 heterocycles. The summed E-state index contributed by atoms with van der Waals surface area (Å²) in [4.78, 5) is 1.19. The second kappa shape index (κ2) is 8.02. The van der Waals surface area contributed by atoms with Crippen molar-refractivity contribution in [2.45, 2.75) is 36.0 Å². The lowest BCUT2D eigenvalue weighted by Gasteiger charge is -2.13. The molecule has 1 aliphatic heterocycles. The Hall–Kier alpha value is -2.42. The fourth-order valence-corrected chi connectivity index (χ4v) is 5.04. The van der Waals surface area contributed by atoms with Crippen LogP contribution in [-0.2, 0) is 16.3 Å². The molecule has 8 heteroatoms. The van der Waals surface area contributed by atoms with E-state index in [0.717, 1.165) is 10.5 Å². The van der Waals surface area contributed by atoms with Crippen LogP contribution in [-0.4, -0.2) is 23.3 Å². The first-order chi connectivity index (χ1) is 14.2. The molecule has 0 bridgehead atoms. The molecule has 1 unspecified atom stereocenters. The first-order valence-electron chi connectivity index (χ1n) is 9.43. The van der Waals surface area contributed by atoms with Gasteiger partial charge in [-0.2, -0.15) is 5.10 Å². The molecule has 0 amide bonds. The van der Waals surface area contributed by atoms with Crippen molar-refractivity contribution in [2.75, 3.05) is 0 Å². The molecule has 0 saturated carbocycles. The smallest absolute Gasteiger partial charge is 0.168 e. The molecule has 0 fully saturated rings. The van der Waals surface area contributed by atoms with E-state index in [0.29, 0.717) is 23.5 Å². The van der Waals surface area contributed by atoms with E-state index < -0.39 is 22.1 Å². The number of aromatic nitrogens is 2. The van der Waals surface area contributed by atoms with E-state index in [-0.39, 0.29) is 10.1 Å². The Kier molecular flexibility index (Phi) is 5.57. The fraction of sp³-hybridized carbons (Fsp3) is 0.227. The van der Waals surface area contributed by atoms with E-state index in [1.165, 1.54) is 10.7 Å². The number of aliphatic hydroxyl groups is 1. The van der Waals surface area contributed by atoms with Gasteiger partial charge in [-0.15, -0.1) is 11.8 Å². The summed E-state index contributed by atoms with van der Waals surface area (Å²) in [6.07, 6.45) is 2.75. The zero-order valence-electron chi connectivity index (χ0n) is 16.4. The summed E-state index contributed by atoms with van der Waals surface area (Å²) in [6.45, 7) is 3.28. The Balaban J connectivity index is 1.72. The minimum atomic E-state index is -2.64. The van der Waals surface area contributed by atoms with Crippen LogP contribution in [0, 0.1) is 5.82 Å². The summed E-state index contributed by atoms with van der Waals surface area (Å²) in [7, 11) is -2.64. The lowest BCUT2D eigenvalue weighted by Crippen LogP contribution is -2.16. The van der Waals surface area contributed by atoms with Crippen LogP contribution in [0.25, 0.3) is 10.6 Å². The second-order valence-corrected chi connectivity index (χ2v) is 9.87. The maximum atomic E-state index is 14.5. The molecule has 2 aromatic carbocycles. The number of benzene rings is 2. The predicted octanol–water partition coefficient (Wildman–Crippen LogP) is 4.43. The summed E-state index contributed by atoms with van der Waals surface area (Å²) >= 11 is 1.58. The summed E-state index contributed by atoms with van der Waals surface area (Å²) in [5.74, 6) is -0.406. The lowest BCUT2D eigenvalue weighted by molar-refractivity contribution is 0.0734. The third-order valence-electron chi connectivity index (χ3n) is 4.91. The number of nitrogens with zero attached hydrogens (tertiary/aromatic N) is 2.